The normalized spacial score (nSPS) is 11.6. The molecule has 1 aromatic heterocycles. The van der Waals surface area contributed by atoms with Gasteiger partial charge in [-0.3, -0.25) is 4.72 Å². The number of phenolic OH excluding ortho intramolecular Hbond substituents is 1. The van der Waals surface area contributed by atoms with Crippen LogP contribution in [0.15, 0.2) is 29.4 Å². The third kappa shape index (κ3) is 2.77. The first kappa shape index (κ1) is 14.4. The van der Waals surface area contributed by atoms with E-state index in [4.69, 9.17) is 0 Å². The van der Waals surface area contributed by atoms with Crippen LogP contribution in [-0.2, 0) is 23.5 Å². The van der Waals surface area contributed by atoms with Crippen molar-refractivity contribution in [2.24, 2.45) is 7.05 Å². The number of benzene rings is 1. The Bertz CT molecular complexity index is 716. The van der Waals surface area contributed by atoms with E-state index in [1.165, 1.54) is 12.3 Å². The Morgan fingerprint density at radius 1 is 1.40 bits per heavy atom. The summed E-state index contributed by atoms with van der Waals surface area (Å²) in [5, 5.41) is 9.68. The van der Waals surface area contributed by atoms with Crippen LogP contribution in [0.25, 0.3) is 0 Å². The molecule has 0 unspecified atom stereocenters. The van der Waals surface area contributed by atoms with E-state index in [0.29, 0.717) is 5.82 Å². The van der Waals surface area contributed by atoms with Gasteiger partial charge in [0.25, 0.3) is 10.0 Å². The minimum atomic E-state index is -3.80. The van der Waals surface area contributed by atoms with Gasteiger partial charge in [0.2, 0.25) is 0 Å². The summed E-state index contributed by atoms with van der Waals surface area (Å²) in [5.74, 6) is 0.482. The number of hydrogen-bond acceptors (Lipinski definition) is 4. The van der Waals surface area contributed by atoms with Crippen LogP contribution >= 0.6 is 0 Å². The number of imidazole rings is 1. The lowest BCUT2D eigenvalue weighted by molar-refractivity contribution is 0.477. The summed E-state index contributed by atoms with van der Waals surface area (Å²) >= 11 is 0. The molecule has 0 radical (unpaired) electrons. The number of anilines is 1. The molecule has 0 saturated heterocycles. The molecule has 20 heavy (non-hydrogen) atoms. The number of aromatic hydroxyl groups is 1. The van der Waals surface area contributed by atoms with Crippen molar-refractivity contribution >= 4 is 15.7 Å². The van der Waals surface area contributed by atoms with Gasteiger partial charge in [-0.2, -0.15) is 8.42 Å². The smallest absolute Gasteiger partial charge is 0.281 e. The summed E-state index contributed by atoms with van der Waals surface area (Å²) in [6, 6.07) is 4.83. The van der Waals surface area contributed by atoms with Crippen LogP contribution in [0.3, 0.4) is 0 Å². The lowest BCUT2D eigenvalue weighted by Gasteiger charge is -2.09. The van der Waals surface area contributed by atoms with Crippen molar-refractivity contribution in [3.05, 3.63) is 35.8 Å². The summed E-state index contributed by atoms with van der Waals surface area (Å²) in [6.07, 6.45) is 2.18. The van der Waals surface area contributed by atoms with Gasteiger partial charge in [0.05, 0.1) is 5.69 Å². The standard InChI is InChI=1S/C13H17N3O3S/c1-4-10-5-6-12(17)11(7-10)15-20(18,19)13-8-16(3)9(2)14-13/h5-8,15,17H,4H2,1-3H3. The summed E-state index contributed by atoms with van der Waals surface area (Å²) < 4.78 is 28.4. The highest BCUT2D eigenvalue weighted by atomic mass is 32.2. The molecule has 1 aromatic carbocycles. The number of hydrogen-bond donors (Lipinski definition) is 2. The molecule has 0 aliphatic heterocycles. The van der Waals surface area contributed by atoms with Crippen molar-refractivity contribution in [1.82, 2.24) is 9.55 Å². The molecule has 0 amide bonds. The second-order valence-corrected chi connectivity index (χ2v) is 6.18. The molecule has 7 heteroatoms. The molecule has 0 spiro atoms. The predicted octanol–water partition coefficient (Wildman–Crippen LogP) is 1.80. The largest absolute Gasteiger partial charge is 0.506 e. The average molecular weight is 295 g/mol. The minimum Gasteiger partial charge on any atom is -0.506 e. The fourth-order valence-corrected chi connectivity index (χ4v) is 2.84. The Morgan fingerprint density at radius 3 is 2.65 bits per heavy atom. The van der Waals surface area contributed by atoms with Crippen LogP contribution < -0.4 is 4.72 Å². The molecule has 6 nitrogen and oxygen atoms in total. The molecule has 0 aliphatic rings. The van der Waals surface area contributed by atoms with E-state index >= 15 is 0 Å². The summed E-state index contributed by atoms with van der Waals surface area (Å²) in [7, 11) is -2.09. The molecule has 0 bridgehead atoms. The molecule has 0 saturated carbocycles. The zero-order chi connectivity index (χ0) is 14.9. The second-order valence-electron chi connectivity index (χ2n) is 4.55. The topological polar surface area (TPSA) is 84.2 Å². The van der Waals surface area contributed by atoms with Crippen LogP contribution in [0.5, 0.6) is 5.75 Å². The Hall–Kier alpha value is -2.02. The van der Waals surface area contributed by atoms with Crippen LogP contribution in [0.2, 0.25) is 0 Å². The molecule has 108 valence electrons. The van der Waals surface area contributed by atoms with Gasteiger partial charge < -0.3 is 9.67 Å². The Balaban J connectivity index is 2.37. The molecule has 2 N–H and O–H groups in total. The second kappa shape index (κ2) is 5.16. The first-order chi connectivity index (χ1) is 9.33. The number of aryl methyl sites for hydroxylation is 3. The Kier molecular flexibility index (Phi) is 3.71. The monoisotopic (exact) mass is 295 g/mol. The number of rotatable bonds is 4. The van der Waals surface area contributed by atoms with E-state index in [-0.39, 0.29) is 16.5 Å². The van der Waals surface area contributed by atoms with Crippen LogP contribution in [0, 0.1) is 6.92 Å². The molecule has 1 heterocycles. The SMILES string of the molecule is CCc1ccc(O)c(NS(=O)(=O)c2cn(C)c(C)n2)c1. The molecule has 0 atom stereocenters. The average Bonchev–Trinajstić information content (AvgIpc) is 2.73. The van der Waals surface area contributed by atoms with Crippen molar-refractivity contribution in [3.63, 3.8) is 0 Å². The maximum Gasteiger partial charge on any atom is 0.281 e. The summed E-state index contributed by atoms with van der Waals surface area (Å²) in [4.78, 5) is 3.98. The van der Waals surface area contributed by atoms with Crippen molar-refractivity contribution in [1.29, 1.82) is 0 Å². The first-order valence-corrected chi connectivity index (χ1v) is 7.66. The van der Waals surface area contributed by atoms with Gasteiger partial charge in [-0.25, -0.2) is 4.98 Å². The van der Waals surface area contributed by atoms with Crippen LogP contribution in [0.1, 0.15) is 18.3 Å². The maximum atomic E-state index is 12.2. The summed E-state index contributed by atoms with van der Waals surface area (Å²) in [5.41, 5.74) is 1.09. The minimum absolute atomic E-state index is 0.0706. The number of aromatic nitrogens is 2. The van der Waals surface area contributed by atoms with E-state index in [2.05, 4.69) is 9.71 Å². The van der Waals surface area contributed by atoms with E-state index < -0.39 is 10.0 Å². The van der Waals surface area contributed by atoms with Crippen molar-refractivity contribution in [3.8, 4) is 5.75 Å². The number of nitrogens with one attached hydrogen (secondary N) is 1. The highest BCUT2D eigenvalue weighted by molar-refractivity contribution is 7.92. The Morgan fingerprint density at radius 2 is 2.10 bits per heavy atom. The van der Waals surface area contributed by atoms with Crippen molar-refractivity contribution in [2.75, 3.05) is 4.72 Å². The van der Waals surface area contributed by atoms with Gasteiger partial charge in [0, 0.05) is 13.2 Å². The predicted molar refractivity (Wildman–Crippen MR) is 76.2 cm³/mol. The third-order valence-corrected chi connectivity index (χ3v) is 4.31. The highest BCUT2D eigenvalue weighted by Gasteiger charge is 2.20. The quantitative estimate of drug-likeness (QED) is 0.842. The molecular weight excluding hydrogens is 278 g/mol. The van der Waals surface area contributed by atoms with E-state index in [0.717, 1.165) is 12.0 Å². The molecule has 2 aromatic rings. The molecule has 0 aliphatic carbocycles. The van der Waals surface area contributed by atoms with E-state index in [1.807, 2.05) is 6.92 Å². The number of nitrogens with zero attached hydrogens (tertiary/aromatic N) is 2. The Labute approximate surface area is 118 Å². The van der Waals surface area contributed by atoms with Gasteiger partial charge in [-0.05, 0) is 31.0 Å². The van der Waals surface area contributed by atoms with Crippen LogP contribution in [0.4, 0.5) is 5.69 Å². The van der Waals surface area contributed by atoms with E-state index in [9.17, 15) is 13.5 Å². The first-order valence-electron chi connectivity index (χ1n) is 6.18. The zero-order valence-corrected chi connectivity index (χ0v) is 12.4. The van der Waals surface area contributed by atoms with Gasteiger partial charge in [0.1, 0.15) is 11.6 Å². The third-order valence-electron chi connectivity index (χ3n) is 3.08. The highest BCUT2D eigenvalue weighted by Crippen LogP contribution is 2.26. The molecular formula is C13H17N3O3S. The fraction of sp³-hybridized carbons (Fsp3) is 0.308. The van der Waals surface area contributed by atoms with Gasteiger partial charge >= 0.3 is 0 Å². The maximum absolute atomic E-state index is 12.2. The van der Waals surface area contributed by atoms with Gasteiger partial charge in [-0.1, -0.05) is 13.0 Å². The van der Waals surface area contributed by atoms with Crippen LogP contribution in [-0.4, -0.2) is 23.1 Å². The lowest BCUT2D eigenvalue weighted by atomic mass is 10.1. The number of phenols is 1. The van der Waals surface area contributed by atoms with Gasteiger partial charge in [-0.15, -0.1) is 0 Å². The lowest BCUT2D eigenvalue weighted by Crippen LogP contribution is -2.13. The van der Waals surface area contributed by atoms with E-state index in [1.54, 1.807) is 30.7 Å². The fourth-order valence-electron chi connectivity index (χ4n) is 1.74. The van der Waals surface area contributed by atoms with Crippen molar-refractivity contribution < 1.29 is 13.5 Å². The molecule has 2 rings (SSSR count). The zero-order valence-electron chi connectivity index (χ0n) is 11.6. The number of sulfonamides is 1. The van der Waals surface area contributed by atoms with Crippen molar-refractivity contribution in [2.45, 2.75) is 25.3 Å². The molecule has 0 fully saturated rings. The summed E-state index contributed by atoms with van der Waals surface area (Å²) in [6.45, 7) is 3.67. The van der Waals surface area contributed by atoms with Gasteiger partial charge in [0.15, 0.2) is 5.03 Å².